The van der Waals surface area contributed by atoms with Crippen molar-refractivity contribution in [3.8, 4) is 5.75 Å². The Bertz CT molecular complexity index is 928. The third-order valence-electron chi connectivity index (χ3n) is 4.60. The van der Waals surface area contributed by atoms with Crippen LogP contribution in [0.4, 0.5) is 5.69 Å². The van der Waals surface area contributed by atoms with Crippen molar-refractivity contribution in [1.82, 2.24) is 5.32 Å². The number of amides is 1. The Kier molecular flexibility index (Phi) is 5.41. The molecule has 3 rings (SSSR count). The average molecular weight is 388 g/mol. The van der Waals surface area contributed by atoms with E-state index in [0.29, 0.717) is 11.4 Å². The van der Waals surface area contributed by atoms with Gasteiger partial charge in [-0.25, -0.2) is 8.42 Å². The van der Waals surface area contributed by atoms with Crippen molar-refractivity contribution < 1.29 is 17.9 Å². The lowest BCUT2D eigenvalue weighted by Gasteiger charge is -2.21. The maximum absolute atomic E-state index is 12.8. The van der Waals surface area contributed by atoms with Gasteiger partial charge in [0.1, 0.15) is 5.75 Å². The van der Waals surface area contributed by atoms with E-state index in [1.807, 2.05) is 50.2 Å². The number of sulfonamides is 1. The summed E-state index contributed by atoms with van der Waals surface area (Å²) in [6.07, 6.45) is 0.676. The molecule has 1 aliphatic rings. The second-order valence-electron chi connectivity index (χ2n) is 6.84. The number of carbonyl (C=O) groups is 1. The van der Waals surface area contributed by atoms with Gasteiger partial charge >= 0.3 is 0 Å². The Labute approximate surface area is 160 Å². The first kappa shape index (κ1) is 19.2. The number of fused-ring (bicyclic) bond motifs is 1. The molecule has 0 spiro atoms. The largest absolute Gasteiger partial charge is 0.478 e. The Morgan fingerprint density at radius 1 is 1.22 bits per heavy atom. The number of aryl methyl sites for hydroxylation is 1. The second-order valence-corrected chi connectivity index (χ2v) is 8.75. The molecular formula is C20H24N2O4S. The monoisotopic (exact) mass is 388 g/mol. The lowest BCUT2D eigenvalue weighted by Crippen LogP contribution is -2.40. The molecule has 0 saturated carbocycles. The van der Waals surface area contributed by atoms with Gasteiger partial charge < -0.3 is 10.1 Å². The molecule has 7 heteroatoms. The van der Waals surface area contributed by atoms with Crippen LogP contribution in [0.15, 0.2) is 48.5 Å². The van der Waals surface area contributed by atoms with E-state index in [4.69, 9.17) is 4.74 Å². The summed E-state index contributed by atoms with van der Waals surface area (Å²) >= 11 is 0. The number of rotatable bonds is 4. The average Bonchev–Trinajstić information content (AvgIpc) is 2.81. The molecule has 1 aliphatic heterocycles. The molecule has 0 bridgehead atoms. The van der Waals surface area contributed by atoms with Crippen molar-refractivity contribution >= 4 is 21.6 Å². The standard InChI is InChI=1S/C20H24N2O4S/c1-14-9-10-18-17(13-14)22(27(3,24)25)12-11-19(26-18)20(23)21-15(2)16-7-5-4-6-8-16/h4-10,13,15,19H,11-12H2,1-3H3,(H,21,23). The Morgan fingerprint density at radius 3 is 2.59 bits per heavy atom. The molecule has 2 aromatic carbocycles. The minimum absolute atomic E-state index is 0.172. The quantitative estimate of drug-likeness (QED) is 0.874. The Morgan fingerprint density at radius 2 is 1.93 bits per heavy atom. The molecule has 6 nitrogen and oxygen atoms in total. The van der Waals surface area contributed by atoms with Crippen LogP contribution in [0.2, 0.25) is 0 Å². The molecule has 0 radical (unpaired) electrons. The van der Waals surface area contributed by atoms with Crippen molar-refractivity contribution in [3.63, 3.8) is 0 Å². The summed E-state index contributed by atoms with van der Waals surface area (Å²) in [7, 11) is -3.47. The molecule has 1 heterocycles. The van der Waals surface area contributed by atoms with Crippen molar-refractivity contribution in [3.05, 3.63) is 59.7 Å². The van der Waals surface area contributed by atoms with Gasteiger partial charge in [-0.1, -0.05) is 36.4 Å². The van der Waals surface area contributed by atoms with Gasteiger partial charge in [0.2, 0.25) is 10.0 Å². The van der Waals surface area contributed by atoms with Gasteiger partial charge in [-0.15, -0.1) is 0 Å². The SMILES string of the molecule is Cc1ccc2c(c1)N(S(C)(=O)=O)CCC(C(=O)NC(C)c1ccccc1)O2. The number of hydrogen-bond donors (Lipinski definition) is 1. The van der Waals surface area contributed by atoms with Crippen LogP contribution >= 0.6 is 0 Å². The first-order chi connectivity index (χ1) is 12.8. The van der Waals surface area contributed by atoms with Gasteiger partial charge in [0.25, 0.3) is 5.91 Å². The number of carbonyl (C=O) groups excluding carboxylic acids is 1. The molecule has 1 N–H and O–H groups in total. The molecule has 144 valence electrons. The molecule has 2 aromatic rings. The fraction of sp³-hybridized carbons (Fsp3) is 0.350. The fourth-order valence-electron chi connectivity index (χ4n) is 3.15. The predicted octanol–water partition coefficient (Wildman–Crippen LogP) is 2.79. The third-order valence-corrected chi connectivity index (χ3v) is 5.78. The van der Waals surface area contributed by atoms with Crippen molar-refractivity contribution in [1.29, 1.82) is 0 Å². The lowest BCUT2D eigenvalue weighted by molar-refractivity contribution is -0.128. The number of nitrogens with zero attached hydrogens (tertiary/aromatic N) is 1. The number of anilines is 1. The topological polar surface area (TPSA) is 75.7 Å². The van der Waals surface area contributed by atoms with E-state index in [1.54, 1.807) is 12.1 Å². The Hall–Kier alpha value is -2.54. The van der Waals surface area contributed by atoms with Gasteiger partial charge in [0.15, 0.2) is 6.10 Å². The number of nitrogens with one attached hydrogen (secondary N) is 1. The minimum atomic E-state index is -3.47. The number of benzene rings is 2. The highest BCUT2D eigenvalue weighted by molar-refractivity contribution is 7.92. The number of hydrogen-bond acceptors (Lipinski definition) is 4. The van der Waals surface area contributed by atoms with E-state index >= 15 is 0 Å². The van der Waals surface area contributed by atoms with Crippen molar-refractivity contribution in [2.24, 2.45) is 0 Å². The van der Waals surface area contributed by atoms with Crippen molar-refractivity contribution in [2.75, 3.05) is 17.1 Å². The molecule has 27 heavy (non-hydrogen) atoms. The minimum Gasteiger partial charge on any atom is -0.478 e. The molecule has 2 atom stereocenters. The first-order valence-electron chi connectivity index (χ1n) is 8.86. The summed E-state index contributed by atoms with van der Waals surface area (Å²) in [5.74, 6) is 0.143. The normalized spacial score (nSPS) is 18.0. The van der Waals surface area contributed by atoms with Crippen LogP contribution in [0.25, 0.3) is 0 Å². The van der Waals surface area contributed by atoms with E-state index in [-0.39, 0.29) is 24.9 Å². The van der Waals surface area contributed by atoms with Crippen LogP contribution in [0.5, 0.6) is 5.75 Å². The van der Waals surface area contributed by atoms with E-state index in [9.17, 15) is 13.2 Å². The van der Waals surface area contributed by atoms with E-state index in [1.165, 1.54) is 4.31 Å². The summed E-state index contributed by atoms with van der Waals surface area (Å²) in [4.78, 5) is 12.8. The highest BCUT2D eigenvalue weighted by Crippen LogP contribution is 2.35. The lowest BCUT2D eigenvalue weighted by atomic mass is 10.1. The van der Waals surface area contributed by atoms with Crippen LogP contribution in [-0.4, -0.2) is 33.2 Å². The highest BCUT2D eigenvalue weighted by atomic mass is 32.2. The van der Waals surface area contributed by atoms with Gasteiger partial charge in [-0.3, -0.25) is 9.10 Å². The summed E-state index contributed by atoms with van der Waals surface area (Å²) in [5.41, 5.74) is 2.39. The smallest absolute Gasteiger partial charge is 0.261 e. The van der Waals surface area contributed by atoms with Crippen LogP contribution in [0.3, 0.4) is 0 Å². The number of ether oxygens (including phenoxy) is 1. The first-order valence-corrected chi connectivity index (χ1v) is 10.7. The predicted molar refractivity (Wildman–Crippen MR) is 105 cm³/mol. The molecule has 0 saturated heterocycles. The molecule has 0 aromatic heterocycles. The maximum Gasteiger partial charge on any atom is 0.261 e. The molecule has 0 aliphatic carbocycles. The van der Waals surface area contributed by atoms with Gasteiger partial charge in [0.05, 0.1) is 18.0 Å². The Balaban J connectivity index is 1.82. The zero-order chi connectivity index (χ0) is 19.6. The summed E-state index contributed by atoms with van der Waals surface area (Å²) in [6, 6.07) is 14.8. The molecule has 0 fully saturated rings. The van der Waals surface area contributed by atoms with Gasteiger partial charge in [-0.2, -0.15) is 0 Å². The van der Waals surface area contributed by atoms with Crippen LogP contribution < -0.4 is 14.4 Å². The van der Waals surface area contributed by atoms with E-state index in [2.05, 4.69) is 5.32 Å². The van der Waals surface area contributed by atoms with Crippen molar-refractivity contribution in [2.45, 2.75) is 32.4 Å². The highest BCUT2D eigenvalue weighted by Gasteiger charge is 2.31. The molecule has 1 amide bonds. The van der Waals surface area contributed by atoms with E-state index < -0.39 is 16.1 Å². The maximum atomic E-state index is 12.8. The zero-order valence-corrected chi connectivity index (χ0v) is 16.5. The molecular weight excluding hydrogens is 364 g/mol. The van der Waals surface area contributed by atoms with Crippen LogP contribution in [0, 0.1) is 6.92 Å². The zero-order valence-electron chi connectivity index (χ0n) is 15.7. The van der Waals surface area contributed by atoms with Crippen LogP contribution in [0.1, 0.15) is 30.5 Å². The third kappa shape index (κ3) is 4.42. The summed E-state index contributed by atoms with van der Waals surface area (Å²) < 4.78 is 31.7. The summed E-state index contributed by atoms with van der Waals surface area (Å²) in [5, 5.41) is 2.96. The second kappa shape index (κ2) is 7.60. The van der Waals surface area contributed by atoms with Crippen LogP contribution in [-0.2, 0) is 14.8 Å². The molecule has 2 unspecified atom stereocenters. The van der Waals surface area contributed by atoms with Gasteiger partial charge in [0, 0.05) is 13.0 Å². The summed E-state index contributed by atoms with van der Waals surface area (Å²) in [6.45, 7) is 3.98. The fourth-order valence-corrected chi connectivity index (χ4v) is 4.09. The van der Waals surface area contributed by atoms with E-state index in [0.717, 1.165) is 17.4 Å². The van der Waals surface area contributed by atoms with Gasteiger partial charge in [-0.05, 0) is 37.1 Å².